The average molecular weight is 416 g/mol. The van der Waals surface area contributed by atoms with Crippen LogP contribution >= 0.6 is 0 Å². The van der Waals surface area contributed by atoms with Crippen molar-refractivity contribution in [2.45, 2.75) is 31.8 Å². The van der Waals surface area contributed by atoms with Crippen molar-refractivity contribution in [3.63, 3.8) is 0 Å². The molecule has 1 amide bonds. The van der Waals surface area contributed by atoms with E-state index >= 15 is 0 Å². The largest absolute Gasteiger partial charge is 0.372 e. The third-order valence-electron chi connectivity index (χ3n) is 5.93. The molecule has 1 heterocycles. The first-order valence-corrected chi connectivity index (χ1v) is 9.94. The van der Waals surface area contributed by atoms with Crippen LogP contribution in [-0.4, -0.2) is 30.6 Å². The molecule has 4 nitrogen and oxygen atoms in total. The van der Waals surface area contributed by atoms with E-state index < -0.39 is 17.7 Å². The van der Waals surface area contributed by atoms with Crippen molar-refractivity contribution in [3.05, 3.63) is 59.4 Å². The van der Waals surface area contributed by atoms with Gasteiger partial charge >= 0.3 is 0 Å². The van der Waals surface area contributed by atoms with E-state index in [4.69, 9.17) is 4.74 Å². The second-order valence-corrected chi connectivity index (χ2v) is 7.89. The zero-order valence-corrected chi connectivity index (χ0v) is 16.8. The number of hydrogen-bond acceptors (Lipinski definition) is 2. The number of aromatic amines is 1. The molecule has 30 heavy (non-hydrogen) atoms. The predicted octanol–water partition coefficient (Wildman–Crippen LogP) is 4.90. The van der Waals surface area contributed by atoms with Crippen molar-refractivity contribution in [3.8, 4) is 11.3 Å². The van der Waals surface area contributed by atoms with E-state index in [0.717, 1.165) is 24.5 Å². The van der Waals surface area contributed by atoms with Gasteiger partial charge in [0.2, 0.25) is 5.91 Å². The van der Waals surface area contributed by atoms with Gasteiger partial charge in [-0.25, -0.2) is 13.2 Å². The Bertz CT molecular complexity index is 1070. The Morgan fingerprint density at radius 2 is 1.87 bits per heavy atom. The highest BCUT2D eigenvalue weighted by atomic mass is 19.1. The highest BCUT2D eigenvalue weighted by molar-refractivity contribution is 5.92. The van der Waals surface area contributed by atoms with Crippen molar-refractivity contribution >= 4 is 16.8 Å². The molecule has 0 saturated heterocycles. The molecule has 0 radical (unpaired) electrons. The van der Waals surface area contributed by atoms with Crippen LogP contribution in [0.2, 0.25) is 0 Å². The first-order valence-electron chi connectivity index (χ1n) is 9.94. The van der Waals surface area contributed by atoms with Gasteiger partial charge in [0.25, 0.3) is 0 Å². The smallest absolute Gasteiger partial charge is 0.248 e. The van der Waals surface area contributed by atoms with Gasteiger partial charge < -0.3 is 15.0 Å². The number of hydrogen-bond donors (Lipinski definition) is 2. The lowest BCUT2D eigenvalue weighted by atomic mass is 9.70. The zero-order chi connectivity index (χ0) is 21.4. The maximum absolute atomic E-state index is 14.4. The maximum Gasteiger partial charge on any atom is 0.248 e. The first kappa shape index (κ1) is 20.5. The van der Waals surface area contributed by atoms with Crippen LogP contribution in [-0.2, 0) is 9.53 Å². The molecule has 1 aromatic heterocycles. The van der Waals surface area contributed by atoms with Crippen LogP contribution < -0.4 is 5.32 Å². The molecule has 1 aliphatic rings. The van der Waals surface area contributed by atoms with Gasteiger partial charge in [-0.05, 0) is 73.1 Å². The molecular weight excluding hydrogens is 393 g/mol. The summed E-state index contributed by atoms with van der Waals surface area (Å²) in [4.78, 5) is 15.0. The van der Waals surface area contributed by atoms with Crippen molar-refractivity contribution < 1.29 is 22.7 Å². The van der Waals surface area contributed by atoms with Crippen LogP contribution in [0.1, 0.15) is 31.2 Å². The Labute approximate surface area is 172 Å². The summed E-state index contributed by atoms with van der Waals surface area (Å²) in [7, 11) is 1.48. The van der Waals surface area contributed by atoms with Gasteiger partial charge in [0.05, 0.1) is 11.2 Å². The Morgan fingerprint density at radius 1 is 1.17 bits per heavy atom. The summed E-state index contributed by atoms with van der Waals surface area (Å²) in [5.41, 5.74) is 2.47. The minimum absolute atomic E-state index is 0.0850. The van der Waals surface area contributed by atoms with Crippen LogP contribution in [0.3, 0.4) is 0 Å². The fourth-order valence-electron chi connectivity index (χ4n) is 4.14. The summed E-state index contributed by atoms with van der Waals surface area (Å²) in [5.74, 6) is -1.46. The Morgan fingerprint density at radius 3 is 2.53 bits per heavy atom. The summed E-state index contributed by atoms with van der Waals surface area (Å²) in [6.07, 6.45) is 1.05. The second-order valence-electron chi connectivity index (χ2n) is 7.89. The monoisotopic (exact) mass is 416 g/mol. The molecule has 0 aliphatic heterocycles. The van der Waals surface area contributed by atoms with Gasteiger partial charge in [0.1, 0.15) is 23.6 Å². The quantitative estimate of drug-likeness (QED) is 0.601. The molecule has 1 aliphatic carbocycles. The molecule has 3 aromatic rings. The van der Waals surface area contributed by atoms with Gasteiger partial charge in [-0.3, -0.25) is 4.79 Å². The third kappa shape index (κ3) is 3.81. The summed E-state index contributed by atoms with van der Waals surface area (Å²) < 4.78 is 46.8. The van der Waals surface area contributed by atoms with E-state index in [9.17, 15) is 18.0 Å². The van der Waals surface area contributed by atoms with Gasteiger partial charge in [0, 0.05) is 25.1 Å². The number of methoxy groups -OCH3 is 1. The molecular formula is C23H23F3N2O2. The number of H-pyrrole nitrogens is 1. The van der Waals surface area contributed by atoms with Crippen LogP contribution in [0.25, 0.3) is 22.2 Å². The average Bonchev–Trinajstić information content (AvgIpc) is 3.06. The van der Waals surface area contributed by atoms with Crippen LogP contribution in [0.15, 0.2) is 36.4 Å². The predicted molar refractivity (Wildman–Crippen MR) is 109 cm³/mol. The second kappa shape index (κ2) is 8.14. The van der Waals surface area contributed by atoms with E-state index in [2.05, 4.69) is 10.3 Å². The van der Waals surface area contributed by atoms with Crippen LogP contribution in [0.4, 0.5) is 13.2 Å². The number of rotatable bonds is 6. The molecule has 1 fully saturated rings. The van der Waals surface area contributed by atoms with Gasteiger partial charge in [-0.15, -0.1) is 0 Å². The number of fused-ring (bicyclic) bond motifs is 1. The molecule has 0 spiro atoms. The molecule has 158 valence electrons. The lowest BCUT2D eigenvalue weighted by Crippen LogP contribution is -2.40. The van der Waals surface area contributed by atoms with E-state index in [-0.39, 0.29) is 29.1 Å². The highest BCUT2D eigenvalue weighted by Gasteiger charge is 2.35. The summed E-state index contributed by atoms with van der Waals surface area (Å²) in [5, 5.41) is 3.38. The standard InChI is InChI=1S/C23H23F3N2O2/c1-12(30-2)23(29)27-11-13-7-15(8-13)20-18-9-17(25)10-19(26)22(18)28-21(20)14-3-5-16(24)6-4-14/h3-6,9-10,12-13,15,28H,7-8,11H2,1-2H3,(H,27,29)/t12-,13-,15-/m0/s1. The van der Waals surface area contributed by atoms with Crippen LogP contribution in [0, 0.1) is 23.4 Å². The normalized spacial score (nSPS) is 19.5. The number of nitrogens with one attached hydrogen (secondary N) is 2. The maximum atomic E-state index is 14.4. The van der Waals surface area contributed by atoms with Crippen molar-refractivity contribution in [1.29, 1.82) is 0 Å². The van der Waals surface area contributed by atoms with Gasteiger partial charge in [-0.1, -0.05) is 0 Å². The van der Waals surface area contributed by atoms with Gasteiger partial charge in [0.15, 0.2) is 0 Å². The molecule has 7 heteroatoms. The molecule has 1 saturated carbocycles. The highest BCUT2D eigenvalue weighted by Crippen LogP contribution is 2.48. The number of halogens is 3. The lowest BCUT2D eigenvalue weighted by Gasteiger charge is -2.36. The molecule has 4 rings (SSSR count). The molecule has 0 bridgehead atoms. The summed E-state index contributed by atoms with van der Waals surface area (Å²) >= 11 is 0. The molecule has 0 unspecified atom stereocenters. The minimum Gasteiger partial charge on any atom is -0.372 e. The number of carbonyl (C=O) groups excluding carboxylic acids is 1. The number of ether oxygens (including phenoxy) is 1. The van der Waals surface area contributed by atoms with Crippen molar-refractivity contribution in [2.24, 2.45) is 5.92 Å². The SMILES string of the molecule is CO[C@@H](C)C(=O)NC[C@H]1C[C@H](c2c(-c3ccc(F)cc3)[nH]c3c(F)cc(F)cc32)C1. The van der Waals surface area contributed by atoms with Gasteiger partial charge in [-0.2, -0.15) is 0 Å². The molecule has 1 atom stereocenters. The topological polar surface area (TPSA) is 54.1 Å². The molecule has 2 aromatic carbocycles. The fourth-order valence-corrected chi connectivity index (χ4v) is 4.14. The number of aromatic nitrogens is 1. The Balaban J connectivity index is 1.61. The third-order valence-corrected chi connectivity index (χ3v) is 5.93. The Hall–Kier alpha value is -2.80. The zero-order valence-electron chi connectivity index (χ0n) is 16.8. The summed E-state index contributed by atoms with van der Waals surface area (Å²) in [6, 6.07) is 8.13. The van der Waals surface area contributed by atoms with E-state index in [1.807, 2.05) is 0 Å². The minimum atomic E-state index is -0.656. The van der Waals surface area contributed by atoms with Crippen LogP contribution in [0.5, 0.6) is 0 Å². The fraction of sp³-hybridized carbons (Fsp3) is 0.348. The van der Waals surface area contributed by atoms with Crippen molar-refractivity contribution in [2.75, 3.05) is 13.7 Å². The van der Waals surface area contributed by atoms with E-state index in [1.165, 1.54) is 25.3 Å². The molecule has 2 N–H and O–H groups in total. The van der Waals surface area contributed by atoms with Crippen molar-refractivity contribution in [1.82, 2.24) is 10.3 Å². The number of carbonyl (C=O) groups is 1. The number of amides is 1. The van der Waals surface area contributed by atoms with E-state index in [1.54, 1.807) is 19.1 Å². The number of benzene rings is 2. The van der Waals surface area contributed by atoms with E-state index in [0.29, 0.717) is 23.2 Å². The first-order chi connectivity index (χ1) is 14.4. The lowest BCUT2D eigenvalue weighted by molar-refractivity contribution is -0.130. The Kier molecular flexibility index (Phi) is 5.56. The summed E-state index contributed by atoms with van der Waals surface area (Å²) in [6.45, 7) is 2.21.